The van der Waals surface area contributed by atoms with Crippen molar-refractivity contribution in [2.24, 2.45) is 13.0 Å². The second kappa shape index (κ2) is 8.25. The highest BCUT2D eigenvalue weighted by Crippen LogP contribution is 2.21. The molecular formula is C22H27N3O2. The molecule has 142 valence electrons. The van der Waals surface area contributed by atoms with E-state index < -0.39 is 0 Å². The van der Waals surface area contributed by atoms with Gasteiger partial charge < -0.3 is 5.32 Å². The van der Waals surface area contributed by atoms with Crippen LogP contribution in [0.4, 0.5) is 0 Å². The SMILES string of the molecule is CC(C)CC(NC(=O)CCn1c(=O)n(C)c2ccccc21)c1ccccc1. The van der Waals surface area contributed by atoms with Gasteiger partial charge in [-0.2, -0.15) is 0 Å². The van der Waals surface area contributed by atoms with Gasteiger partial charge in [0, 0.05) is 20.0 Å². The van der Waals surface area contributed by atoms with Crippen molar-refractivity contribution in [2.75, 3.05) is 0 Å². The summed E-state index contributed by atoms with van der Waals surface area (Å²) in [5.74, 6) is 0.431. The molecule has 1 unspecified atom stereocenters. The Bertz CT molecular complexity index is 970. The van der Waals surface area contributed by atoms with E-state index in [4.69, 9.17) is 0 Å². The zero-order chi connectivity index (χ0) is 19.4. The average molecular weight is 365 g/mol. The van der Waals surface area contributed by atoms with Crippen molar-refractivity contribution in [3.8, 4) is 0 Å². The zero-order valence-corrected chi connectivity index (χ0v) is 16.2. The summed E-state index contributed by atoms with van der Waals surface area (Å²) in [6.07, 6.45) is 1.15. The van der Waals surface area contributed by atoms with Crippen LogP contribution < -0.4 is 11.0 Å². The number of carbonyl (C=O) groups is 1. The molecule has 1 aromatic heterocycles. The predicted octanol–water partition coefficient (Wildman–Crippen LogP) is 3.63. The Morgan fingerprint density at radius 3 is 2.30 bits per heavy atom. The zero-order valence-electron chi connectivity index (χ0n) is 16.2. The molecule has 1 amide bonds. The number of imidazole rings is 1. The molecule has 0 bridgehead atoms. The van der Waals surface area contributed by atoms with E-state index >= 15 is 0 Å². The van der Waals surface area contributed by atoms with E-state index in [1.807, 2.05) is 54.6 Å². The number of nitrogens with zero attached hydrogens (tertiary/aromatic N) is 2. The number of carbonyl (C=O) groups excluding carboxylic acids is 1. The molecule has 1 heterocycles. The Kier molecular flexibility index (Phi) is 5.79. The molecule has 0 aliphatic carbocycles. The highest BCUT2D eigenvalue weighted by molar-refractivity contribution is 5.78. The summed E-state index contributed by atoms with van der Waals surface area (Å²) in [4.78, 5) is 25.1. The van der Waals surface area contributed by atoms with Crippen LogP contribution in [0.2, 0.25) is 0 Å². The minimum absolute atomic E-state index is 0.0112. The largest absolute Gasteiger partial charge is 0.349 e. The summed E-state index contributed by atoms with van der Waals surface area (Å²) in [6.45, 7) is 4.67. The third-order valence-corrected chi connectivity index (χ3v) is 4.86. The van der Waals surface area contributed by atoms with E-state index in [2.05, 4.69) is 19.2 Å². The average Bonchev–Trinajstić information content (AvgIpc) is 2.91. The lowest BCUT2D eigenvalue weighted by atomic mass is 9.97. The normalized spacial score (nSPS) is 12.4. The minimum atomic E-state index is -0.0919. The lowest BCUT2D eigenvalue weighted by Gasteiger charge is -2.21. The third-order valence-electron chi connectivity index (χ3n) is 4.86. The van der Waals surface area contributed by atoms with Crippen LogP contribution >= 0.6 is 0 Å². The highest BCUT2D eigenvalue weighted by atomic mass is 16.2. The number of hydrogen-bond acceptors (Lipinski definition) is 2. The van der Waals surface area contributed by atoms with Gasteiger partial charge in [0.1, 0.15) is 0 Å². The topological polar surface area (TPSA) is 56.0 Å². The number of rotatable bonds is 7. The smallest absolute Gasteiger partial charge is 0.328 e. The number of nitrogens with one attached hydrogen (secondary N) is 1. The van der Waals surface area contributed by atoms with Crippen molar-refractivity contribution in [1.82, 2.24) is 14.5 Å². The first-order valence-corrected chi connectivity index (χ1v) is 9.46. The van der Waals surface area contributed by atoms with Gasteiger partial charge in [0.15, 0.2) is 0 Å². The Hall–Kier alpha value is -2.82. The van der Waals surface area contributed by atoms with E-state index in [1.54, 1.807) is 16.2 Å². The maximum Gasteiger partial charge on any atom is 0.328 e. The van der Waals surface area contributed by atoms with Crippen LogP contribution in [-0.4, -0.2) is 15.0 Å². The van der Waals surface area contributed by atoms with Crippen LogP contribution in [-0.2, 0) is 18.4 Å². The molecule has 27 heavy (non-hydrogen) atoms. The van der Waals surface area contributed by atoms with Crippen LogP contribution in [0.25, 0.3) is 11.0 Å². The molecule has 1 N–H and O–H groups in total. The van der Waals surface area contributed by atoms with E-state index in [0.717, 1.165) is 23.0 Å². The molecule has 0 saturated heterocycles. The number of hydrogen-bond donors (Lipinski definition) is 1. The van der Waals surface area contributed by atoms with E-state index in [-0.39, 0.29) is 24.1 Å². The summed E-state index contributed by atoms with van der Waals surface area (Å²) in [6, 6.07) is 17.7. The van der Waals surface area contributed by atoms with Gasteiger partial charge in [-0.25, -0.2) is 4.79 Å². The van der Waals surface area contributed by atoms with Gasteiger partial charge in [-0.1, -0.05) is 56.3 Å². The fourth-order valence-corrected chi connectivity index (χ4v) is 3.49. The van der Waals surface area contributed by atoms with Crippen molar-refractivity contribution in [1.29, 1.82) is 0 Å². The maximum atomic E-state index is 12.6. The van der Waals surface area contributed by atoms with Crippen molar-refractivity contribution >= 4 is 16.9 Å². The first-order chi connectivity index (χ1) is 13.0. The number of fused-ring (bicyclic) bond motifs is 1. The second-order valence-corrected chi connectivity index (χ2v) is 7.39. The number of aromatic nitrogens is 2. The summed E-state index contributed by atoms with van der Waals surface area (Å²) in [7, 11) is 1.76. The fourth-order valence-electron chi connectivity index (χ4n) is 3.49. The number of aryl methyl sites for hydroxylation is 2. The van der Waals surface area contributed by atoms with Gasteiger partial charge in [0.05, 0.1) is 17.1 Å². The predicted molar refractivity (Wildman–Crippen MR) is 109 cm³/mol. The molecule has 0 aliphatic heterocycles. The maximum absolute atomic E-state index is 12.6. The summed E-state index contributed by atoms with van der Waals surface area (Å²) in [5.41, 5.74) is 2.76. The summed E-state index contributed by atoms with van der Waals surface area (Å²) in [5, 5.41) is 3.15. The molecule has 0 aliphatic rings. The third kappa shape index (κ3) is 4.30. The number of benzene rings is 2. The molecule has 5 nitrogen and oxygen atoms in total. The van der Waals surface area contributed by atoms with Crippen molar-refractivity contribution in [2.45, 2.75) is 39.3 Å². The van der Waals surface area contributed by atoms with Crippen molar-refractivity contribution in [3.63, 3.8) is 0 Å². The van der Waals surface area contributed by atoms with Crippen LogP contribution in [0.5, 0.6) is 0 Å². The molecule has 0 spiro atoms. The molecule has 3 rings (SSSR count). The number of amides is 1. The van der Waals surface area contributed by atoms with Crippen LogP contribution in [0.1, 0.15) is 38.3 Å². The molecule has 0 radical (unpaired) electrons. The van der Waals surface area contributed by atoms with Gasteiger partial charge in [-0.15, -0.1) is 0 Å². The Morgan fingerprint density at radius 1 is 1.00 bits per heavy atom. The first-order valence-electron chi connectivity index (χ1n) is 9.46. The first kappa shape index (κ1) is 19.0. The monoisotopic (exact) mass is 365 g/mol. The van der Waals surface area contributed by atoms with Gasteiger partial charge in [0.2, 0.25) is 5.91 Å². The lowest BCUT2D eigenvalue weighted by molar-refractivity contribution is -0.122. The van der Waals surface area contributed by atoms with Crippen LogP contribution in [0, 0.1) is 5.92 Å². The summed E-state index contributed by atoms with van der Waals surface area (Å²) < 4.78 is 3.30. The van der Waals surface area contributed by atoms with E-state index in [9.17, 15) is 9.59 Å². The van der Waals surface area contributed by atoms with Gasteiger partial charge in [0.25, 0.3) is 0 Å². The van der Waals surface area contributed by atoms with Gasteiger partial charge >= 0.3 is 5.69 Å². The van der Waals surface area contributed by atoms with Crippen molar-refractivity contribution < 1.29 is 4.79 Å². The Labute approximate surface area is 159 Å². The Balaban J connectivity index is 1.72. The molecule has 3 aromatic rings. The molecule has 0 fully saturated rings. The van der Waals surface area contributed by atoms with Gasteiger partial charge in [-0.05, 0) is 30.0 Å². The van der Waals surface area contributed by atoms with Crippen LogP contribution in [0.3, 0.4) is 0 Å². The lowest BCUT2D eigenvalue weighted by Crippen LogP contribution is -2.31. The molecule has 5 heteroatoms. The summed E-state index contributed by atoms with van der Waals surface area (Å²) >= 11 is 0. The molecular weight excluding hydrogens is 338 g/mol. The van der Waals surface area contributed by atoms with Crippen LogP contribution in [0.15, 0.2) is 59.4 Å². The van der Waals surface area contributed by atoms with E-state index in [1.165, 1.54) is 0 Å². The minimum Gasteiger partial charge on any atom is -0.349 e. The standard InChI is InChI=1S/C22H27N3O2/c1-16(2)15-18(17-9-5-4-6-10-17)23-21(26)13-14-25-20-12-8-7-11-19(20)24(3)22(25)27/h4-12,16,18H,13-15H2,1-3H3,(H,23,26). The number of para-hydroxylation sites is 2. The Morgan fingerprint density at radius 2 is 1.63 bits per heavy atom. The highest BCUT2D eigenvalue weighted by Gasteiger charge is 2.17. The molecule has 0 saturated carbocycles. The quantitative estimate of drug-likeness (QED) is 0.695. The van der Waals surface area contributed by atoms with Crippen molar-refractivity contribution in [3.05, 3.63) is 70.6 Å². The fraction of sp³-hybridized carbons (Fsp3) is 0.364. The van der Waals surface area contributed by atoms with Gasteiger partial charge in [-0.3, -0.25) is 13.9 Å². The molecule has 2 aromatic carbocycles. The molecule has 1 atom stereocenters. The second-order valence-electron chi connectivity index (χ2n) is 7.39. The van der Waals surface area contributed by atoms with E-state index in [0.29, 0.717) is 12.5 Å².